The van der Waals surface area contributed by atoms with Gasteiger partial charge in [0.2, 0.25) is 5.09 Å². The molecular formula is C19H22N2O6S. The minimum absolute atomic E-state index is 0.106. The zero-order chi connectivity index (χ0) is 20.1. The van der Waals surface area contributed by atoms with Crippen molar-refractivity contribution in [2.24, 2.45) is 0 Å². The number of ether oxygens (including phenoxy) is 1. The van der Waals surface area contributed by atoms with Gasteiger partial charge < -0.3 is 14.5 Å². The number of rotatable bonds is 6. The number of amides is 1. The highest BCUT2D eigenvalue weighted by Gasteiger charge is 2.29. The van der Waals surface area contributed by atoms with E-state index in [2.05, 4.69) is 5.32 Å². The number of sulfonamides is 1. The molecule has 1 N–H and O–H groups in total. The van der Waals surface area contributed by atoms with Crippen molar-refractivity contribution in [2.75, 3.05) is 25.0 Å². The Balaban J connectivity index is 1.68. The molecular weight excluding hydrogens is 384 g/mol. The first-order valence-electron chi connectivity index (χ1n) is 9.10. The van der Waals surface area contributed by atoms with Crippen molar-refractivity contribution in [3.63, 3.8) is 0 Å². The fourth-order valence-electron chi connectivity index (χ4n) is 2.91. The summed E-state index contributed by atoms with van der Waals surface area (Å²) in [6.07, 6.45) is 2.64. The summed E-state index contributed by atoms with van der Waals surface area (Å²) in [7, 11) is -3.73. The maximum Gasteiger partial charge on any atom is 0.338 e. The van der Waals surface area contributed by atoms with Crippen molar-refractivity contribution >= 4 is 27.6 Å². The van der Waals surface area contributed by atoms with Crippen LogP contribution in [0.1, 0.15) is 47.1 Å². The molecule has 8 nitrogen and oxygen atoms in total. The molecule has 0 aliphatic carbocycles. The predicted octanol–water partition coefficient (Wildman–Crippen LogP) is 2.88. The highest BCUT2D eigenvalue weighted by Crippen LogP contribution is 2.23. The van der Waals surface area contributed by atoms with Crippen molar-refractivity contribution in [1.29, 1.82) is 0 Å². The molecule has 2 aromatic rings. The van der Waals surface area contributed by atoms with E-state index in [0.717, 1.165) is 19.3 Å². The average molecular weight is 406 g/mol. The number of hydrogen-bond acceptors (Lipinski definition) is 6. The van der Waals surface area contributed by atoms with E-state index in [-0.39, 0.29) is 17.5 Å². The summed E-state index contributed by atoms with van der Waals surface area (Å²) in [5, 5.41) is 2.37. The number of piperidine rings is 1. The van der Waals surface area contributed by atoms with Crippen molar-refractivity contribution in [1.82, 2.24) is 4.31 Å². The van der Waals surface area contributed by atoms with Gasteiger partial charge in [-0.15, -0.1) is 0 Å². The maximum atomic E-state index is 12.6. The highest BCUT2D eigenvalue weighted by molar-refractivity contribution is 7.89. The van der Waals surface area contributed by atoms with Crippen LogP contribution in [0.3, 0.4) is 0 Å². The van der Waals surface area contributed by atoms with Gasteiger partial charge in [-0.3, -0.25) is 4.79 Å². The van der Waals surface area contributed by atoms with Crippen LogP contribution >= 0.6 is 0 Å². The number of benzene rings is 1. The van der Waals surface area contributed by atoms with E-state index in [1.54, 1.807) is 19.1 Å². The van der Waals surface area contributed by atoms with Gasteiger partial charge in [-0.05, 0) is 56.2 Å². The second kappa shape index (κ2) is 8.57. The molecule has 0 unspecified atom stereocenters. The number of nitrogens with one attached hydrogen (secondary N) is 1. The third-order valence-corrected chi connectivity index (χ3v) is 6.14. The van der Waals surface area contributed by atoms with Crippen molar-refractivity contribution < 1.29 is 27.2 Å². The van der Waals surface area contributed by atoms with Crippen LogP contribution in [0.2, 0.25) is 0 Å². The fourth-order valence-corrected chi connectivity index (χ4v) is 4.34. The maximum absolute atomic E-state index is 12.6. The lowest BCUT2D eigenvalue weighted by atomic mass is 10.2. The van der Waals surface area contributed by atoms with E-state index >= 15 is 0 Å². The van der Waals surface area contributed by atoms with Crippen LogP contribution in [0.4, 0.5) is 5.69 Å². The Morgan fingerprint density at radius 1 is 1.07 bits per heavy atom. The third kappa shape index (κ3) is 4.42. The SMILES string of the molecule is CCOC(=O)c1ccc(NC(=O)c2ccc(S(=O)(=O)N3CCCCC3)o2)cc1. The van der Waals surface area contributed by atoms with Crippen LogP contribution in [0.25, 0.3) is 0 Å². The number of carbonyl (C=O) groups is 2. The van der Waals surface area contributed by atoms with Crippen LogP contribution in [-0.2, 0) is 14.8 Å². The lowest BCUT2D eigenvalue weighted by Crippen LogP contribution is -2.35. The van der Waals surface area contributed by atoms with Crippen LogP contribution in [-0.4, -0.2) is 44.3 Å². The van der Waals surface area contributed by atoms with E-state index in [0.29, 0.717) is 24.3 Å². The smallest absolute Gasteiger partial charge is 0.338 e. The van der Waals surface area contributed by atoms with Crippen LogP contribution in [0, 0.1) is 0 Å². The average Bonchev–Trinajstić information content (AvgIpc) is 3.21. The molecule has 0 spiro atoms. The standard InChI is InChI=1S/C19H22N2O6S/c1-2-26-19(23)14-6-8-15(9-7-14)20-18(22)16-10-11-17(27-16)28(24,25)21-12-4-3-5-13-21/h6-11H,2-5,12-13H2,1H3,(H,20,22). The van der Waals surface area contributed by atoms with Gasteiger partial charge in [-0.25, -0.2) is 13.2 Å². The quantitative estimate of drug-likeness (QED) is 0.740. The van der Waals surface area contributed by atoms with Gasteiger partial charge in [-0.2, -0.15) is 4.31 Å². The zero-order valence-electron chi connectivity index (χ0n) is 15.5. The summed E-state index contributed by atoms with van der Waals surface area (Å²) in [6.45, 7) is 2.91. The van der Waals surface area contributed by atoms with Gasteiger partial charge >= 0.3 is 5.97 Å². The number of hydrogen-bond donors (Lipinski definition) is 1. The molecule has 0 saturated carbocycles. The van der Waals surface area contributed by atoms with Crippen LogP contribution in [0.5, 0.6) is 0 Å². The summed E-state index contributed by atoms with van der Waals surface area (Å²) < 4.78 is 36.8. The van der Waals surface area contributed by atoms with E-state index in [4.69, 9.17) is 9.15 Å². The Labute approximate surface area is 163 Å². The zero-order valence-corrected chi connectivity index (χ0v) is 16.3. The molecule has 28 heavy (non-hydrogen) atoms. The first kappa shape index (κ1) is 20.1. The molecule has 0 radical (unpaired) electrons. The van der Waals surface area contributed by atoms with Gasteiger partial charge in [0, 0.05) is 18.8 Å². The van der Waals surface area contributed by atoms with E-state index < -0.39 is 21.9 Å². The van der Waals surface area contributed by atoms with Gasteiger partial charge in [0.15, 0.2) is 5.76 Å². The molecule has 3 rings (SSSR count). The molecule has 150 valence electrons. The molecule has 1 saturated heterocycles. The Kier molecular flexibility index (Phi) is 6.15. The van der Waals surface area contributed by atoms with E-state index in [1.807, 2.05) is 0 Å². The second-order valence-electron chi connectivity index (χ2n) is 6.34. The summed E-state index contributed by atoms with van der Waals surface area (Å²) in [5.74, 6) is -1.13. The Hall–Kier alpha value is -2.65. The van der Waals surface area contributed by atoms with Crippen LogP contribution in [0.15, 0.2) is 45.9 Å². The minimum atomic E-state index is -3.73. The van der Waals surface area contributed by atoms with E-state index in [1.165, 1.54) is 28.6 Å². The Morgan fingerprint density at radius 3 is 2.39 bits per heavy atom. The highest BCUT2D eigenvalue weighted by atomic mass is 32.2. The molecule has 1 fully saturated rings. The van der Waals surface area contributed by atoms with Gasteiger partial charge in [0.25, 0.3) is 15.9 Å². The van der Waals surface area contributed by atoms with Crippen molar-refractivity contribution in [2.45, 2.75) is 31.3 Å². The Morgan fingerprint density at radius 2 is 1.75 bits per heavy atom. The molecule has 1 aromatic carbocycles. The molecule has 9 heteroatoms. The molecule has 1 amide bonds. The summed E-state index contributed by atoms with van der Waals surface area (Å²) in [5.41, 5.74) is 0.808. The molecule has 0 atom stereocenters. The molecule has 1 aliphatic rings. The first-order chi connectivity index (χ1) is 13.4. The number of carbonyl (C=O) groups excluding carboxylic acids is 2. The van der Waals surface area contributed by atoms with E-state index in [9.17, 15) is 18.0 Å². The first-order valence-corrected chi connectivity index (χ1v) is 10.5. The number of furan rings is 1. The second-order valence-corrected chi connectivity index (χ2v) is 8.20. The summed E-state index contributed by atoms with van der Waals surface area (Å²) in [4.78, 5) is 24.0. The number of esters is 1. The monoisotopic (exact) mass is 406 g/mol. The van der Waals surface area contributed by atoms with Gasteiger partial charge in [0.1, 0.15) is 0 Å². The van der Waals surface area contributed by atoms with Gasteiger partial charge in [-0.1, -0.05) is 6.42 Å². The van der Waals surface area contributed by atoms with Crippen molar-refractivity contribution in [3.05, 3.63) is 47.7 Å². The Bertz CT molecular complexity index is 943. The molecule has 1 aliphatic heterocycles. The lowest BCUT2D eigenvalue weighted by molar-refractivity contribution is 0.0526. The lowest BCUT2D eigenvalue weighted by Gasteiger charge is -2.24. The molecule has 2 heterocycles. The van der Waals surface area contributed by atoms with Crippen molar-refractivity contribution in [3.8, 4) is 0 Å². The fraction of sp³-hybridized carbons (Fsp3) is 0.368. The topological polar surface area (TPSA) is 106 Å². The summed E-state index contributed by atoms with van der Waals surface area (Å²) in [6, 6.07) is 8.79. The predicted molar refractivity (Wildman–Crippen MR) is 102 cm³/mol. The largest absolute Gasteiger partial charge is 0.462 e. The minimum Gasteiger partial charge on any atom is -0.462 e. The molecule has 0 bridgehead atoms. The van der Waals surface area contributed by atoms with Crippen LogP contribution < -0.4 is 5.32 Å². The number of anilines is 1. The normalized spacial score (nSPS) is 15.2. The molecule has 1 aromatic heterocycles. The number of nitrogens with zero attached hydrogens (tertiary/aromatic N) is 1. The summed E-state index contributed by atoms with van der Waals surface area (Å²) >= 11 is 0. The van der Waals surface area contributed by atoms with Gasteiger partial charge in [0.05, 0.1) is 12.2 Å². The third-order valence-electron chi connectivity index (χ3n) is 4.37.